The molecule has 2 saturated heterocycles. The van der Waals surface area contributed by atoms with E-state index in [1.54, 1.807) is 0 Å². The smallest absolute Gasteiger partial charge is 0.229 e. The largest absolute Gasteiger partial charge is 0.492 e. The second-order valence-corrected chi connectivity index (χ2v) is 6.24. The number of carbonyl (C=O) groups is 1. The molecule has 20 heavy (non-hydrogen) atoms. The Morgan fingerprint density at radius 2 is 1.95 bits per heavy atom. The van der Waals surface area contributed by atoms with Gasteiger partial charge in [0.05, 0.1) is 5.92 Å². The van der Waals surface area contributed by atoms with Gasteiger partial charge in [0.2, 0.25) is 5.91 Å². The molecule has 0 spiro atoms. The van der Waals surface area contributed by atoms with Crippen LogP contribution in [0.15, 0.2) is 24.3 Å². The third kappa shape index (κ3) is 1.99. The van der Waals surface area contributed by atoms with Crippen LogP contribution in [0.4, 0.5) is 0 Å². The molecule has 1 N–H and O–H groups in total. The maximum Gasteiger partial charge on any atom is 0.229 e. The van der Waals surface area contributed by atoms with Gasteiger partial charge in [-0.2, -0.15) is 0 Å². The molecule has 0 aromatic heterocycles. The Labute approximate surface area is 119 Å². The Morgan fingerprint density at radius 1 is 1.20 bits per heavy atom. The number of para-hydroxylation sites is 1. The lowest BCUT2D eigenvalue weighted by Gasteiger charge is -2.28. The molecule has 1 aromatic rings. The second-order valence-electron chi connectivity index (χ2n) is 6.24. The van der Waals surface area contributed by atoms with Crippen LogP contribution in [0.25, 0.3) is 0 Å². The molecule has 3 aliphatic heterocycles. The first-order chi connectivity index (χ1) is 9.81. The molecule has 0 radical (unpaired) electrons. The molecule has 0 aliphatic carbocycles. The highest BCUT2D eigenvalue weighted by molar-refractivity contribution is 5.80. The van der Waals surface area contributed by atoms with Gasteiger partial charge in [0.1, 0.15) is 12.4 Å². The first-order valence-corrected chi connectivity index (χ1v) is 7.51. The monoisotopic (exact) mass is 272 g/mol. The summed E-state index contributed by atoms with van der Waals surface area (Å²) < 4.78 is 5.75. The van der Waals surface area contributed by atoms with Crippen LogP contribution < -0.4 is 10.1 Å². The Hall–Kier alpha value is -1.55. The number of benzene rings is 1. The van der Waals surface area contributed by atoms with E-state index in [-0.39, 0.29) is 11.8 Å². The number of nitrogens with one attached hydrogen (secondary N) is 1. The summed E-state index contributed by atoms with van der Waals surface area (Å²) in [5.74, 6) is 2.55. The quantitative estimate of drug-likeness (QED) is 0.826. The van der Waals surface area contributed by atoms with Crippen LogP contribution in [-0.2, 0) is 11.2 Å². The molecule has 3 heterocycles. The van der Waals surface area contributed by atoms with Crippen molar-refractivity contribution >= 4 is 5.91 Å². The minimum absolute atomic E-state index is 0.00307. The molecule has 0 bridgehead atoms. The van der Waals surface area contributed by atoms with Gasteiger partial charge in [0, 0.05) is 26.2 Å². The summed E-state index contributed by atoms with van der Waals surface area (Å²) in [6, 6.07) is 8.05. The lowest BCUT2D eigenvalue weighted by Crippen LogP contribution is -2.40. The maximum atomic E-state index is 12.7. The molecule has 2 fully saturated rings. The fourth-order valence-electron chi connectivity index (χ4n) is 3.78. The first-order valence-electron chi connectivity index (χ1n) is 7.51. The maximum absolute atomic E-state index is 12.7. The third-order valence-electron chi connectivity index (χ3n) is 4.93. The number of rotatable bonds is 1. The molecule has 1 aromatic carbocycles. The zero-order valence-corrected chi connectivity index (χ0v) is 11.5. The van der Waals surface area contributed by atoms with Crippen molar-refractivity contribution in [3.05, 3.63) is 29.8 Å². The number of ether oxygens (including phenoxy) is 1. The van der Waals surface area contributed by atoms with Crippen LogP contribution in [0, 0.1) is 17.8 Å². The van der Waals surface area contributed by atoms with Crippen molar-refractivity contribution in [2.45, 2.75) is 6.42 Å². The molecule has 1 amide bonds. The molecule has 3 aliphatic rings. The summed E-state index contributed by atoms with van der Waals surface area (Å²) in [4.78, 5) is 14.7. The lowest BCUT2D eigenvalue weighted by atomic mass is 9.95. The van der Waals surface area contributed by atoms with Crippen molar-refractivity contribution in [1.29, 1.82) is 0 Å². The lowest BCUT2D eigenvalue weighted by molar-refractivity contribution is -0.136. The van der Waals surface area contributed by atoms with Crippen LogP contribution in [0.1, 0.15) is 5.56 Å². The van der Waals surface area contributed by atoms with Crippen LogP contribution in [0.2, 0.25) is 0 Å². The van der Waals surface area contributed by atoms with Crippen molar-refractivity contribution in [1.82, 2.24) is 10.2 Å². The third-order valence-corrected chi connectivity index (χ3v) is 4.93. The van der Waals surface area contributed by atoms with E-state index in [1.807, 2.05) is 18.2 Å². The van der Waals surface area contributed by atoms with Crippen molar-refractivity contribution in [3.8, 4) is 5.75 Å². The van der Waals surface area contributed by atoms with E-state index in [9.17, 15) is 4.79 Å². The first kappa shape index (κ1) is 12.2. The van der Waals surface area contributed by atoms with Gasteiger partial charge in [-0.25, -0.2) is 0 Å². The highest BCUT2D eigenvalue weighted by Gasteiger charge is 2.40. The molecule has 3 atom stereocenters. The minimum Gasteiger partial charge on any atom is -0.492 e. The number of carbonyl (C=O) groups excluding carboxylic acids is 1. The molecule has 4 nitrogen and oxygen atoms in total. The molecule has 3 unspecified atom stereocenters. The highest BCUT2D eigenvalue weighted by Crippen LogP contribution is 2.31. The minimum atomic E-state index is -0.00307. The van der Waals surface area contributed by atoms with E-state index in [1.165, 1.54) is 0 Å². The summed E-state index contributed by atoms with van der Waals surface area (Å²) in [6.45, 7) is 4.51. The van der Waals surface area contributed by atoms with Gasteiger partial charge in [-0.3, -0.25) is 4.79 Å². The topological polar surface area (TPSA) is 41.6 Å². The SMILES string of the molecule is O=C(C1COc2ccccc2C1)N1CC2CNCC2C1. The van der Waals surface area contributed by atoms with Crippen LogP contribution in [-0.4, -0.2) is 43.6 Å². The Bertz CT molecular complexity index is 519. The second kappa shape index (κ2) is 4.77. The Balaban J connectivity index is 1.45. The van der Waals surface area contributed by atoms with Crippen molar-refractivity contribution < 1.29 is 9.53 Å². The van der Waals surface area contributed by atoms with Gasteiger partial charge in [0.15, 0.2) is 0 Å². The van der Waals surface area contributed by atoms with Crippen LogP contribution >= 0.6 is 0 Å². The standard InChI is InChI=1S/C16H20N2O2/c19-16(18-8-13-6-17-7-14(13)9-18)12-5-11-3-1-2-4-15(11)20-10-12/h1-4,12-14,17H,5-10H2. The fourth-order valence-corrected chi connectivity index (χ4v) is 3.78. The van der Waals surface area contributed by atoms with Crippen LogP contribution in [0.3, 0.4) is 0 Å². The van der Waals surface area contributed by atoms with E-state index in [0.29, 0.717) is 18.4 Å². The average molecular weight is 272 g/mol. The summed E-state index contributed by atoms with van der Waals surface area (Å²) >= 11 is 0. The van der Waals surface area contributed by atoms with Gasteiger partial charge in [-0.05, 0) is 29.9 Å². The van der Waals surface area contributed by atoms with Crippen molar-refractivity contribution in [2.24, 2.45) is 17.8 Å². The molecule has 4 heteroatoms. The van der Waals surface area contributed by atoms with E-state index < -0.39 is 0 Å². The van der Waals surface area contributed by atoms with Gasteiger partial charge < -0.3 is 15.0 Å². The zero-order valence-electron chi connectivity index (χ0n) is 11.5. The molecule has 0 saturated carbocycles. The molecule has 4 rings (SSSR count). The molecular formula is C16H20N2O2. The van der Waals surface area contributed by atoms with Gasteiger partial charge in [-0.15, -0.1) is 0 Å². The predicted octanol–water partition coefficient (Wildman–Crippen LogP) is 0.915. The van der Waals surface area contributed by atoms with Gasteiger partial charge in [0.25, 0.3) is 0 Å². The number of fused-ring (bicyclic) bond motifs is 2. The van der Waals surface area contributed by atoms with E-state index >= 15 is 0 Å². The van der Waals surface area contributed by atoms with E-state index in [0.717, 1.165) is 43.9 Å². The molecule has 106 valence electrons. The number of hydrogen-bond acceptors (Lipinski definition) is 3. The Morgan fingerprint density at radius 3 is 2.75 bits per heavy atom. The van der Waals surface area contributed by atoms with Crippen LogP contribution in [0.5, 0.6) is 5.75 Å². The highest BCUT2D eigenvalue weighted by atomic mass is 16.5. The molecular weight excluding hydrogens is 252 g/mol. The summed E-state index contributed by atoms with van der Waals surface area (Å²) in [5, 5.41) is 3.41. The average Bonchev–Trinajstić information content (AvgIpc) is 3.07. The summed E-state index contributed by atoms with van der Waals surface area (Å²) in [7, 11) is 0. The van der Waals surface area contributed by atoms with E-state index in [4.69, 9.17) is 4.74 Å². The van der Waals surface area contributed by atoms with Gasteiger partial charge >= 0.3 is 0 Å². The summed E-state index contributed by atoms with van der Waals surface area (Å²) in [6.07, 6.45) is 0.819. The Kier molecular flexibility index (Phi) is 2.91. The number of hydrogen-bond donors (Lipinski definition) is 1. The number of nitrogens with zero attached hydrogens (tertiary/aromatic N) is 1. The normalized spacial score (nSPS) is 31.6. The number of amides is 1. The number of likely N-dealkylation sites (tertiary alicyclic amines) is 1. The summed E-state index contributed by atoms with van der Waals surface area (Å²) in [5.41, 5.74) is 1.16. The van der Waals surface area contributed by atoms with Crippen molar-refractivity contribution in [3.63, 3.8) is 0 Å². The van der Waals surface area contributed by atoms with Gasteiger partial charge in [-0.1, -0.05) is 18.2 Å². The van der Waals surface area contributed by atoms with Crippen molar-refractivity contribution in [2.75, 3.05) is 32.8 Å². The zero-order chi connectivity index (χ0) is 13.5. The fraction of sp³-hybridized carbons (Fsp3) is 0.562. The van der Waals surface area contributed by atoms with E-state index in [2.05, 4.69) is 16.3 Å². The predicted molar refractivity (Wildman–Crippen MR) is 75.6 cm³/mol.